The molecule has 0 aromatic rings. The van der Waals surface area contributed by atoms with Gasteiger partial charge in [-0.2, -0.15) is 5.26 Å². The van der Waals surface area contributed by atoms with Gasteiger partial charge in [0.1, 0.15) is 0 Å². The molecule has 2 nitrogen and oxygen atoms in total. The van der Waals surface area contributed by atoms with E-state index in [0.717, 1.165) is 12.8 Å². The quantitative estimate of drug-likeness (QED) is 0.680. The zero-order valence-electron chi connectivity index (χ0n) is 5.82. The standard InChI is InChI=1S/C6H9Cl2N.H3N/c7-3-1-6(5-9)2-4-8;/h6H,1-4H2;1H3. The Labute approximate surface area is 71.7 Å². The number of halogens is 2. The third kappa shape index (κ3) is 6.15. The molecule has 0 saturated heterocycles. The molecular formula is C6H12Cl2N2. The molecule has 10 heavy (non-hydrogen) atoms. The van der Waals surface area contributed by atoms with Crippen molar-refractivity contribution in [2.45, 2.75) is 12.8 Å². The molecular weight excluding hydrogens is 171 g/mol. The Morgan fingerprint density at radius 1 is 1.20 bits per heavy atom. The Balaban J connectivity index is 0. The predicted molar refractivity (Wildman–Crippen MR) is 44.8 cm³/mol. The molecule has 0 spiro atoms. The Morgan fingerprint density at radius 3 is 1.80 bits per heavy atom. The number of hydrogen-bond donors (Lipinski definition) is 1. The molecule has 0 unspecified atom stereocenters. The summed E-state index contributed by atoms with van der Waals surface area (Å²) >= 11 is 10.8. The Bertz CT molecular complexity index is 94.4. The first kappa shape index (κ1) is 12.7. The van der Waals surface area contributed by atoms with E-state index in [0.29, 0.717) is 11.8 Å². The Kier molecular flexibility index (Phi) is 11.5. The molecule has 0 aromatic heterocycles. The van der Waals surface area contributed by atoms with Crippen LogP contribution >= 0.6 is 23.2 Å². The number of alkyl halides is 2. The lowest BCUT2D eigenvalue weighted by atomic mass is 10.1. The summed E-state index contributed by atoms with van der Waals surface area (Å²) in [6, 6.07) is 2.14. The summed E-state index contributed by atoms with van der Waals surface area (Å²) in [4.78, 5) is 0. The average molecular weight is 183 g/mol. The van der Waals surface area contributed by atoms with Crippen LogP contribution in [0.25, 0.3) is 0 Å². The number of hydrogen-bond acceptors (Lipinski definition) is 2. The van der Waals surface area contributed by atoms with Crippen LogP contribution in [0.4, 0.5) is 0 Å². The first-order valence-electron chi connectivity index (χ1n) is 2.86. The summed E-state index contributed by atoms with van der Waals surface area (Å²) in [6.07, 6.45) is 1.51. The van der Waals surface area contributed by atoms with E-state index >= 15 is 0 Å². The van der Waals surface area contributed by atoms with Crippen molar-refractivity contribution in [2.24, 2.45) is 5.92 Å². The molecule has 3 N–H and O–H groups in total. The van der Waals surface area contributed by atoms with Gasteiger partial charge in [-0.3, -0.25) is 0 Å². The average Bonchev–Trinajstić information content (AvgIpc) is 1.88. The van der Waals surface area contributed by atoms with E-state index in [1.54, 1.807) is 0 Å². The van der Waals surface area contributed by atoms with Crippen LogP contribution in [0.5, 0.6) is 0 Å². The predicted octanol–water partition coefficient (Wildman–Crippen LogP) is 2.55. The molecule has 0 aliphatic rings. The fraction of sp³-hybridized carbons (Fsp3) is 0.833. The topological polar surface area (TPSA) is 58.8 Å². The second-order valence-corrected chi connectivity index (χ2v) is 2.54. The minimum Gasteiger partial charge on any atom is -0.344 e. The molecule has 0 heterocycles. The smallest absolute Gasteiger partial charge is 0.0656 e. The van der Waals surface area contributed by atoms with Crippen molar-refractivity contribution >= 4 is 23.2 Å². The Hall–Kier alpha value is 0.0300. The van der Waals surface area contributed by atoms with Crippen molar-refractivity contribution < 1.29 is 0 Å². The minimum atomic E-state index is 0. The normalized spacial score (nSPS) is 8.60. The van der Waals surface area contributed by atoms with Crippen LogP contribution in [0.2, 0.25) is 0 Å². The van der Waals surface area contributed by atoms with Crippen molar-refractivity contribution in [1.29, 1.82) is 5.26 Å². The van der Waals surface area contributed by atoms with Gasteiger partial charge in [0.25, 0.3) is 0 Å². The van der Waals surface area contributed by atoms with Gasteiger partial charge in [0.2, 0.25) is 0 Å². The molecule has 0 aromatic carbocycles. The molecule has 0 atom stereocenters. The number of nitriles is 1. The van der Waals surface area contributed by atoms with Gasteiger partial charge in [0.05, 0.1) is 6.07 Å². The van der Waals surface area contributed by atoms with E-state index < -0.39 is 0 Å². The SMILES string of the molecule is N.N#CC(CCCl)CCCl. The van der Waals surface area contributed by atoms with Gasteiger partial charge in [0, 0.05) is 17.7 Å². The van der Waals surface area contributed by atoms with Crippen molar-refractivity contribution in [3.8, 4) is 6.07 Å². The van der Waals surface area contributed by atoms with Gasteiger partial charge in [-0.25, -0.2) is 0 Å². The van der Waals surface area contributed by atoms with Crippen LogP contribution in [-0.4, -0.2) is 11.8 Å². The highest BCUT2D eigenvalue weighted by atomic mass is 35.5. The van der Waals surface area contributed by atoms with E-state index in [-0.39, 0.29) is 12.1 Å². The minimum absolute atomic E-state index is 0. The highest BCUT2D eigenvalue weighted by Gasteiger charge is 2.03. The molecule has 0 amide bonds. The van der Waals surface area contributed by atoms with E-state index in [1.165, 1.54) is 0 Å². The van der Waals surface area contributed by atoms with Gasteiger partial charge in [-0.15, -0.1) is 23.2 Å². The fourth-order valence-electron chi connectivity index (χ4n) is 0.537. The first-order chi connectivity index (χ1) is 4.35. The van der Waals surface area contributed by atoms with E-state index in [4.69, 9.17) is 28.5 Å². The van der Waals surface area contributed by atoms with E-state index in [1.807, 2.05) is 0 Å². The summed E-state index contributed by atoms with van der Waals surface area (Å²) in [5.74, 6) is 1.16. The molecule has 0 rings (SSSR count). The maximum atomic E-state index is 8.42. The molecule has 0 radical (unpaired) electrons. The second kappa shape index (κ2) is 9.03. The number of nitrogens with zero attached hydrogens (tertiary/aromatic N) is 1. The first-order valence-corrected chi connectivity index (χ1v) is 3.93. The molecule has 0 fully saturated rings. The lowest BCUT2D eigenvalue weighted by molar-refractivity contribution is 0.627. The summed E-state index contributed by atoms with van der Waals surface area (Å²) in [6.45, 7) is 0. The van der Waals surface area contributed by atoms with Crippen LogP contribution in [0.15, 0.2) is 0 Å². The van der Waals surface area contributed by atoms with Crippen LogP contribution in [0.3, 0.4) is 0 Å². The van der Waals surface area contributed by atoms with Crippen LogP contribution in [0.1, 0.15) is 12.8 Å². The zero-order valence-corrected chi connectivity index (χ0v) is 7.33. The summed E-state index contributed by atoms with van der Waals surface area (Å²) < 4.78 is 0. The van der Waals surface area contributed by atoms with Crippen molar-refractivity contribution in [2.75, 3.05) is 11.8 Å². The van der Waals surface area contributed by atoms with E-state index in [2.05, 4.69) is 6.07 Å². The monoisotopic (exact) mass is 182 g/mol. The van der Waals surface area contributed by atoms with Crippen LogP contribution in [0, 0.1) is 17.2 Å². The van der Waals surface area contributed by atoms with Crippen molar-refractivity contribution in [3.63, 3.8) is 0 Å². The maximum absolute atomic E-state index is 8.42. The highest BCUT2D eigenvalue weighted by molar-refractivity contribution is 6.18. The number of rotatable bonds is 4. The van der Waals surface area contributed by atoms with Gasteiger partial charge in [-0.05, 0) is 12.8 Å². The lowest BCUT2D eigenvalue weighted by Gasteiger charge is -2.00. The lowest BCUT2D eigenvalue weighted by Crippen LogP contribution is -1.98. The van der Waals surface area contributed by atoms with Gasteiger partial charge in [-0.1, -0.05) is 0 Å². The van der Waals surface area contributed by atoms with Crippen molar-refractivity contribution in [3.05, 3.63) is 0 Å². The second-order valence-electron chi connectivity index (χ2n) is 1.78. The molecule has 0 aliphatic carbocycles. The summed E-state index contributed by atoms with van der Waals surface area (Å²) in [5.41, 5.74) is 0. The molecule has 0 saturated carbocycles. The van der Waals surface area contributed by atoms with Gasteiger partial charge in [0.15, 0.2) is 0 Å². The van der Waals surface area contributed by atoms with Crippen LogP contribution in [-0.2, 0) is 0 Å². The summed E-state index contributed by atoms with van der Waals surface area (Å²) in [7, 11) is 0. The Morgan fingerprint density at radius 2 is 1.60 bits per heavy atom. The summed E-state index contributed by atoms with van der Waals surface area (Å²) in [5, 5.41) is 8.42. The highest BCUT2D eigenvalue weighted by Crippen LogP contribution is 2.08. The third-order valence-electron chi connectivity index (χ3n) is 1.10. The fourth-order valence-corrected chi connectivity index (χ4v) is 1.06. The van der Waals surface area contributed by atoms with Gasteiger partial charge < -0.3 is 6.15 Å². The van der Waals surface area contributed by atoms with E-state index in [9.17, 15) is 0 Å². The van der Waals surface area contributed by atoms with Crippen molar-refractivity contribution in [1.82, 2.24) is 6.15 Å². The zero-order chi connectivity index (χ0) is 7.11. The molecule has 4 heteroatoms. The molecule has 60 valence electrons. The molecule has 0 bridgehead atoms. The largest absolute Gasteiger partial charge is 0.344 e. The third-order valence-corrected chi connectivity index (χ3v) is 1.53. The maximum Gasteiger partial charge on any atom is 0.0656 e. The molecule has 0 aliphatic heterocycles. The van der Waals surface area contributed by atoms with Crippen LogP contribution < -0.4 is 6.15 Å². The van der Waals surface area contributed by atoms with Gasteiger partial charge >= 0.3 is 0 Å².